The molecule has 1 saturated heterocycles. The summed E-state index contributed by atoms with van der Waals surface area (Å²) in [5.41, 5.74) is -0.119. The highest BCUT2D eigenvalue weighted by Crippen LogP contribution is 2.47. The minimum Gasteiger partial charge on any atom is -0.322 e. The SMILES string of the molecule is CCC1CCCC(N2C(=O)C3(CC3)NC2C2CCCC2)C1. The van der Waals surface area contributed by atoms with Gasteiger partial charge in [-0.3, -0.25) is 10.1 Å². The normalized spacial score (nSPS) is 39.4. The van der Waals surface area contributed by atoms with Crippen molar-refractivity contribution in [1.82, 2.24) is 10.2 Å². The van der Waals surface area contributed by atoms with Crippen molar-refractivity contribution in [3.63, 3.8) is 0 Å². The van der Waals surface area contributed by atoms with E-state index in [1.807, 2.05) is 0 Å². The summed E-state index contributed by atoms with van der Waals surface area (Å²) in [6, 6.07) is 0.522. The van der Waals surface area contributed by atoms with E-state index in [2.05, 4.69) is 17.1 Å². The molecule has 118 valence electrons. The molecule has 3 saturated carbocycles. The Bertz CT molecular complexity index is 411. The van der Waals surface area contributed by atoms with Crippen molar-refractivity contribution in [3.8, 4) is 0 Å². The molecule has 3 atom stereocenters. The highest BCUT2D eigenvalue weighted by Gasteiger charge is 2.61. The fourth-order valence-corrected chi connectivity index (χ4v) is 5.17. The van der Waals surface area contributed by atoms with Gasteiger partial charge in [0.25, 0.3) is 0 Å². The van der Waals surface area contributed by atoms with E-state index >= 15 is 0 Å². The van der Waals surface area contributed by atoms with E-state index in [1.54, 1.807) is 0 Å². The average Bonchev–Trinajstić information content (AvgIpc) is 2.97. The van der Waals surface area contributed by atoms with Crippen molar-refractivity contribution in [2.75, 3.05) is 0 Å². The molecule has 3 nitrogen and oxygen atoms in total. The third kappa shape index (κ3) is 2.32. The molecular weight excluding hydrogens is 260 g/mol. The molecular formula is C18H30N2O. The number of nitrogens with zero attached hydrogens (tertiary/aromatic N) is 1. The zero-order chi connectivity index (χ0) is 14.4. The van der Waals surface area contributed by atoms with Crippen LogP contribution in [0, 0.1) is 11.8 Å². The molecule has 0 aromatic rings. The number of nitrogens with one attached hydrogen (secondary N) is 1. The number of hydrogen-bond donors (Lipinski definition) is 1. The van der Waals surface area contributed by atoms with E-state index in [1.165, 1.54) is 57.8 Å². The van der Waals surface area contributed by atoms with E-state index in [9.17, 15) is 4.79 Å². The molecule has 3 aliphatic carbocycles. The molecule has 4 rings (SSSR count). The van der Waals surface area contributed by atoms with Crippen LogP contribution in [0.1, 0.15) is 77.6 Å². The second-order valence-corrected chi connectivity index (χ2v) is 8.02. The van der Waals surface area contributed by atoms with Crippen LogP contribution < -0.4 is 5.32 Å². The Hall–Kier alpha value is -0.570. The van der Waals surface area contributed by atoms with Crippen LogP contribution in [-0.2, 0) is 4.79 Å². The lowest BCUT2D eigenvalue weighted by molar-refractivity contribution is -0.134. The van der Waals surface area contributed by atoms with Gasteiger partial charge in [-0.25, -0.2) is 0 Å². The summed E-state index contributed by atoms with van der Waals surface area (Å²) in [4.78, 5) is 15.4. The third-order valence-corrected chi connectivity index (χ3v) is 6.69. The molecule has 1 spiro atoms. The van der Waals surface area contributed by atoms with Crippen molar-refractivity contribution in [1.29, 1.82) is 0 Å². The van der Waals surface area contributed by atoms with Crippen LogP contribution in [0.25, 0.3) is 0 Å². The Balaban J connectivity index is 1.55. The molecule has 4 fully saturated rings. The molecule has 1 aliphatic heterocycles. The van der Waals surface area contributed by atoms with Crippen molar-refractivity contribution >= 4 is 5.91 Å². The summed E-state index contributed by atoms with van der Waals surface area (Å²) in [6.07, 6.45) is 14.4. The summed E-state index contributed by atoms with van der Waals surface area (Å²) < 4.78 is 0. The number of amides is 1. The lowest BCUT2D eigenvalue weighted by Crippen LogP contribution is -2.49. The quantitative estimate of drug-likeness (QED) is 0.863. The van der Waals surface area contributed by atoms with Crippen LogP contribution >= 0.6 is 0 Å². The van der Waals surface area contributed by atoms with E-state index in [0.29, 0.717) is 18.1 Å². The molecule has 0 aromatic heterocycles. The van der Waals surface area contributed by atoms with E-state index in [0.717, 1.165) is 24.7 Å². The molecule has 1 amide bonds. The van der Waals surface area contributed by atoms with Crippen molar-refractivity contribution in [2.24, 2.45) is 11.8 Å². The number of hydrogen-bond acceptors (Lipinski definition) is 2. The van der Waals surface area contributed by atoms with Gasteiger partial charge in [0.1, 0.15) is 0 Å². The predicted molar refractivity (Wildman–Crippen MR) is 83.7 cm³/mol. The second kappa shape index (κ2) is 5.26. The van der Waals surface area contributed by atoms with Gasteiger partial charge in [-0.15, -0.1) is 0 Å². The largest absolute Gasteiger partial charge is 0.322 e. The van der Waals surface area contributed by atoms with Gasteiger partial charge in [0, 0.05) is 6.04 Å². The van der Waals surface area contributed by atoms with Gasteiger partial charge in [0.2, 0.25) is 5.91 Å². The number of rotatable bonds is 3. The number of carbonyl (C=O) groups excluding carboxylic acids is 1. The van der Waals surface area contributed by atoms with Gasteiger partial charge in [0.05, 0.1) is 11.7 Å². The first-order valence-corrected chi connectivity index (χ1v) is 9.34. The lowest BCUT2D eigenvalue weighted by Gasteiger charge is -2.40. The summed E-state index contributed by atoms with van der Waals surface area (Å²) in [6.45, 7) is 2.31. The van der Waals surface area contributed by atoms with Crippen LogP contribution in [0.2, 0.25) is 0 Å². The Morgan fingerprint density at radius 3 is 2.57 bits per heavy atom. The van der Waals surface area contributed by atoms with Gasteiger partial charge in [-0.2, -0.15) is 0 Å². The topological polar surface area (TPSA) is 32.3 Å². The maximum atomic E-state index is 13.0. The molecule has 21 heavy (non-hydrogen) atoms. The fraction of sp³-hybridized carbons (Fsp3) is 0.944. The molecule has 1 heterocycles. The standard InChI is InChI=1S/C18H30N2O/c1-2-13-6-5-9-15(12-13)20-16(14-7-3-4-8-14)19-18(10-11-18)17(20)21/h13-16,19H,2-12H2,1H3. The van der Waals surface area contributed by atoms with Crippen LogP contribution in [0.3, 0.4) is 0 Å². The zero-order valence-electron chi connectivity index (χ0n) is 13.4. The third-order valence-electron chi connectivity index (χ3n) is 6.69. The van der Waals surface area contributed by atoms with Crippen LogP contribution in [0.15, 0.2) is 0 Å². The smallest absolute Gasteiger partial charge is 0.244 e. The van der Waals surface area contributed by atoms with Crippen LogP contribution in [0.5, 0.6) is 0 Å². The Kier molecular flexibility index (Phi) is 3.52. The minimum absolute atomic E-state index is 0.119. The van der Waals surface area contributed by atoms with Crippen molar-refractivity contribution in [2.45, 2.75) is 95.3 Å². The summed E-state index contributed by atoms with van der Waals surface area (Å²) in [7, 11) is 0. The molecule has 3 unspecified atom stereocenters. The van der Waals surface area contributed by atoms with Crippen molar-refractivity contribution < 1.29 is 4.79 Å². The van der Waals surface area contributed by atoms with Gasteiger partial charge >= 0.3 is 0 Å². The zero-order valence-corrected chi connectivity index (χ0v) is 13.4. The Morgan fingerprint density at radius 1 is 1.14 bits per heavy atom. The van der Waals surface area contributed by atoms with Crippen LogP contribution in [0.4, 0.5) is 0 Å². The first kappa shape index (κ1) is 14.0. The first-order chi connectivity index (χ1) is 10.2. The minimum atomic E-state index is -0.119. The van der Waals surface area contributed by atoms with Crippen LogP contribution in [-0.4, -0.2) is 28.6 Å². The lowest BCUT2D eigenvalue weighted by atomic mass is 9.83. The highest BCUT2D eigenvalue weighted by atomic mass is 16.2. The molecule has 3 heteroatoms. The molecule has 0 bridgehead atoms. The summed E-state index contributed by atoms with van der Waals surface area (Å²) in [5, 5.41) is 3.79. The maximum Gasteiger partial charge on any atom is 0.244 e. The van der Waals surface area contributed by atoms with E-state index < -0.39 is 0 Å². The van der Waals surface area contributed by atoms with Gasteiger partial charge in [0.15, 0.2) is 0 Å². The fourth-order valence-electron chi connectivity index (χ4n) is 5.17. The highest BCUT2D eigenvalue weighted by molar-refractivity contribution is 5.92. The first-order valence-electron chi connectivity index (χ1n) is 9.34. The van der Waals surface area contributed by atoms with Gasteiger partial charge < -0.3 is 4.90 Å². The summed E-state index contributed by atoms with van der Waals surface area (Å²) in [5.74, 6) is 2.02. The van der Waals surface area contributed by atoms with Gasteiger partial charge in [-0.05, 0) is 50.4 Å². The van der Waals surface area contributed by atoms with E-state index in [4.69, 9.17) is 0 Å². The molecule has 4 aliphatic rings. The van der Waals surface area contributed by atoms with Crippen molar-refractivity contribution in [3.05, 3.63) is 0 Å². The molecule has 0 aromatic carbocycles. The van der Waals surface area contributed by atoms with E-state index in [-0.39, 0.29) is 5.54 Å². The Labute approximate surface area is 128 Å². The summed E-state index contributed by atoms with van der Waals surface area (Å²) >= 11 is 0. The maximum absolute atomic E-state index is 13.0. The number of carbonyl (C=O) groups is 1. The predicted octanol–water partition coefficient (Wildman–Crippen LogP) is 3.44. The second-order valence-electron chi connectivity index (χ2n) is 8.02. The Morgan fingerprint density at radius 2 is 1.90 bits per heavy atom. The van der Waals surface area contributed by atoms with Gasteiger partial charge in [-0.1, -0.05) is 39.0 Å². The molecule has 0 radical (unpaired) electrons. The monoisotopic (exact) mass is 290 g/mol. The molecule has 1 N–H and O–H groups in total. The average molecular weight is 290 g/mol.